The van der Waals surface area contributed by atoms with Crippen molar-refractivity contribution in [2.24, 2.45) is 5.92 Å². The number of halogens is 3. The van der Waals surface area contributed by atoms with Crippen LogP contribution in [0.1, 0.15) is 31.2 Å². The maximum Gasteiger partial charge on any atom is 0.401 e. The molecule has 0 aliphatic carbocycles. The molecule has 5 atom stereocenters. The normalized spacial score (nSPS) is 30.3. The van der Waals surface area contributed by atoms with E-state index in [-0.39, 0.29) is 31.1 Å². The van der Waals surface area contributed by atoms with E-state index in [4.69, 9.17) is 9.47 Å². The average molecular weight is 544 g/mol. The summed E-state index contributed by atoms with van der Waals surface area (Å²) >= 11 is 0. The Morgan fingerprint density at radius 2 is 1.90 bits per heavy atom. The first-order chi connectivity index (χ1) is 18.8. The number of fused-ring (bicyclic) bond motifs is 7. The van der Waals surface area contributed by atoms with Gasteiger partial charge in [0.1, 0.15) is 5.82 Å². The Bertz CT molecular complexity index is 1240. The average Bonchev–Trinajstić information content (AvgIpc) is 3.08. The lowest BCUT2D eigenvalue weighted by Gasteiger charge is -2.48. The van der Waals surface area contributed by atoms with E-state index in [0.717, 1.165) is 42.0 Å². The smallest absolute Gasteiger partial charge is 0.378 e. The third kappa shape index (κ3) is 4.74. The highest BCUT2D eigenvalue weighted by molar-refractivity contribution is 6.00. The van der Waals surface area contributed by atoms with E-state index in [1.165, 1.54) is 4.90 Å². The summed E-state index contributed by atoms with van der Waals surface area (Å²) in [5, 5.41) is 3.43. The van der Waals surface area contributed by atoms with Crippen LogP contribution in [0.25, 0.3) is 0 Å². The summed E-state index contributed by atoms with van der Waals surface area (Å²) in [5.74, 6) is 0.263. The predicted molar refractivity (Wildman–Crippen MR) is 139 cm³/mol. The van der Waals surface area contributed by atoms with Gasteiger partial charge in [0.25, 0.3) is 0 Å². The number of ether oxygens (including phenoxy) is 2. The standard InChI is InChI=1S/C28H32F3N5O3/c29-28(30,31)16-36-21-8-18(9-22(36)14-38-13-21)27(37)35-11-17-2-1-7-32-26(17)33-24-6-4-19(10-25(24)35)34-12-23-5-3-20(34)15-39-23/h1-2,4,6-7,10,18,20-23H,3,5,8-9,11-16H2,(H,32,33)/t18?,20-,21-,22+,23?/m1/s1. The molecular weight excluding hydrogens is 511 g/mol. The Labute approximate surface area is 225 Å². The number of carbonyl (C=O) groups excluding carboxylic acids is 1. The largest absolute Gasteiger partial charge is 0.401 e. The number of pyridine rings is 1. The van der Waals surface area contributed by atoms with Crippen LogP contribution in [-0.4, -0.2) is 79.1 Å². The number of benzene rings is 1. The SMILES string of the molecule is O=C(C1C[C@H]2COC[C@@H](C1)N2CC(F)(F)F)N1Cc2cccnc2Nc2ccc(N3CC4CC[C@@H]3CO4)cc21. The topological polar surface area (TPSA) is 70.2 Å². The van der Waals surface area contributed by atoms with Gasteiger partial charge >= 0.3 is 6.18 Å². The zero-order valence-corrected chi connectivity index (χ0v) is 21.6. The number of carbonyl (C=O) groups is 1. The molecule has 8 nitrogen and oxygen atoms in total. The fourth-order valence-corrected chi connectivity index (χ4v) is 7.03. The van der Waals surface area contributed by atoms with Crippen molar-refractivity contribution < 1.29 is 27.4 Å². The zero-order chi connectivity index (χ0) is 26.7. The van der Waals surface area contributed by atoms with Gasteiger partial charge in [-0.25, -0.2) is 4.98 Å². The van der Waals surface area contributed by atoms with Crippen LogP contribution in [0.2, 0.25) is 0 Å². The van der Waals surface area contributed by atoms with Crippen LogP contribution >= 0.6 is 0 Å². The second kappa shape index (κ2) is 9.64. The molecule has 0 radical (unpaired) electrons. The van der Waals surface area contributed by atoms with Crippen LogP contribution < -0.4 is 15.1 Å². The number of hydrogen-bond donors (Lipinski definition) is 1. The van der Waals surface area contributed by atoms with E-state index in [1.54, 1.807) is 6.20 Å². The Morgan fingerprint density at radius 1 is 1.08 bits per heavy atom. The number of alkyl halides is 3. The van der Waals surface area contributed by atoms with Gasteiger partial charge < -0.3 is 24.6 Å². The van der Waals surface area contributed by atoms with Gasteiger partial charge in [0, 0.05) is 42.0 Å². The van der Waals surface area contributed by atoms with Crippen LogP contribution in [-0.2, 0) is 20.8 Å². The minimum atomic E-state index is -4.29. The quantitative estimate of drug-likeness (QED) is 0.626. The summed E-state index contributed by atoms with van der Waals surface area (Å²) in [4.78, 5) is 24.5. The van der Waals surface area contributed by atoms with Crippen molar-refractivity contribution >= 4 is 28.8 Å². The van der Waals surface area contributed by atoms with Crippen LogP contribution in [0, 0.1) is 5.92 Å². The van der Waals surface area contributed by atoms with Gasteiger partial charge in [-0.3, -0.25) is 9.69 Å². The van der Waals surface area contributed by atoms with E-state index >= 15 is 0 Å². The molecule has 39 heavy (non-hydrogen) atoms. The van der Waals surface area contributed by atoms with E-state index in [9.17, 15) is 18.0 Å². The molecule has 6 aliphatic heterocycles. The molecule has 1 N–H and O–H groups in total. The minimum Gasteiger partial charge on any atom is -0.378 e. The van der Waals surface area contributed by atoms with Crippen LogP contribution in [0.15, 0.2) is 36.5 Å². The molecule has 0 saturated carbocycles. The van der Waals surface area contributed by atoms with Gasteiger partial charge in [-0.15, -0.1) is 0 Å². The van der Waals surface area contributed by atoms with E-state index in [1.807, 2.05) is 23.1 Å². The molecule has 5 saturated heterocycles. The third-order valence-electron chi connectivity index (χ3n) is 8.91. The Kier molecular flexibility index (Phi) is 6.20. The number of morpholine rings is 2. The van der Waals surface area contributed by atoms with Crippen molar-refractivity contribution in [1.29, 1.82) is 0 Å². The van der Waals surface area contributed by atoms with E-state index < -0.39 is 24.8 Å². The fourth-order valence-electron chi connectivity index (χ4n) is 7.03. The van der Waals surface area contributed by atoms with Crippen LogP contribution in [0.5, 0.6) is 0 Å². The number of hydrogen-bond acceptors (Lipinski definition) is 7. The first-order valence-corrected chi connectivity index (χ1v) is 13.8. The molecule has 5 fully saturated rings. The number of amides is 1. The number of aromatic nitrogens is 1. The Hall–Kier alpha value is -2.89. The van der Waals surface area contributed by atoms with Crippen LogP contribution in [0.3, 0.4) is 0 Å². The number of piperidine rings is 2. The molecule has 4 bridgehead atoms. The maximum absolute atomic E-state index is 14.3. The lowest BCUT2D eigenvalue weighted by molar-refractivity contribution is -0.184. The summed E-state index contributed by atoms with van der Waals surface area (Å²) in [5.41, 5.74) is 3.51. The zero-order valence-electron chi connectivity index (χ0n) is 21.6. The van der Waals surface area contributed by atoms with Gasteiger partial charge in [0.2, 0.25) is 5.91 Å². The molecule has 11 heteroatoms. The summed E-state index contributed by atoms with van der Waals surface area (Å²) in [6.07, 6.45) is 0.500. The van der Waals surface area contributed by atoms with Gasteiger partial charge in [0.15, 0.2) is 0 Å². The van der Waals surface area contributed by atoms with Gasteiger partial charge in [-0.2, -0.15) is 13.2 Å². The van der Waals surface area contributed by atoms with E-state index in [0.29, 0.717) is 37.9 Å². The van der Waals surface area contributed by atoms with Crippen molar-refractivity contribution in [3.8, 4) is 0 Å². The predicted octanol–water partition coefficient (Wildman–Crippen LogP) is 4.08. The molecule has 208 valence electrons. The number of nitrogens with zero attached hydrogens (tertiary/aromatic N) is 4. The molecule has 6 aliphatic rings. The first-order valence-electron chi connectivity index (χ1n) is 13.8. The third-order valence-corrected chi connectivity index (χ3v) is 8.91. The van der Waals surface area contributed by atoms with Crippen molar-refractivity contribution in [1.82, 2.24) is 9.88 Å². The first kappa shape index (κ1) is 25.1. The molecule has 1 aromatic heterocycles. The lowest BCUT2D eigenvalue weighted by atomic mass is 9.83. The monoisotopic (exact) mass is 543 g/mol. The number of nitrogens with one attached hydrogen (secondary N) is 1. The highest BCUT2D eigenvalue weighted by atomic mass is 19.4. The highest BCUT2D eigenvalue weighted by Crippen LogP contribution is 2.42. The minimum absolute atomic E-state index is 0.0565. The second-order valence-corrected chi connectivity index (χ2v) is 11.4. The molecule has 2 unspecified atom stereocenters. The van der Waals surface area contributed by atoms with Gasteiger partial charge in [-0.05, 0) is 49.9 Å². The highest BCUT2D eigenvalue weighted by Gasteiger charge is 2.47. The second-order valence-electron chi connectivity index (χ2n) is 11.4. The molecule has 0 spiro atoms. The van der Waals surface area contributed by atoms with Crippen LogP contribution in [0.4, 0.5) is 36.1 Å². The Morgan fingerprint density at radius 3 is 2.59 bits per heavy atom. The maximum atomic E-state index is 14.3. The summed E-state index contributed by atoms with van der Waals surface area (Å²) in [6, 6.07) is 9.43. The molecule has 1 aromatic carbocycles. The van der Waals surface area contributed by atoms with Gasteiger partial charge in [0.05, 0.1) is 56.4 Å². The van der Waals surface area contributed by atoms with E-state index in [2.05, 4.69) is 27.3 Å². The molecule has 8 rings (SSSR count). The fraction of sp³-hybridized carbons (Fsp3) is 0.571. The summed E-state index contributed by atoms with van der Waals surface area (Å²) in [6.45, 7) is 1.34. The van der Waals surface area contributed by atoms with Crippen molar-refractivity contribution in [2.45, 2.75) is 62.6 Å². The number of rotatable bonds is 3. The van der Waals surface area contributed by atoms with Crippen molar-refractivity contribution in [3.05, 3.63) is 42.1 Å². The Balaban J connectivity index is 1.21. The van der Waals surface area contributed by atoms with Gasteiger partial charge in [-0.1, -0.05) is 6.07 Å². The molecule has 2 aromatic rings. The molecular formula is C28H32F3N5O3. The molecule has 7 heterocycles. The molecule has 1 amide bonds. The summed E-state index contributed by atoms with van der Waals surface area (Å²) in [7, 11) is 0. The van der Waals surface area contributed by atoms with Crippen molar-refractivity contribution in [3.63, 3.8) is 0 Å². The summed E-state index contributed by atoms with van der Waals surface area (Å²) < 4.78 is 51.5. The lowest BCUT2D eigenvalue weighted by Crippen LogP contribution is -2.60. The number of anilines is 4. The van der Waals surface area contributed by atoms with Crippen molar-refractivity contribution in [2.75, 3.05) is 48.0 Å².